The Labute approximate surface area is 176 Å². The Morgan fingerprint density at radius 3 is 2.55 bits per heavy atom. The number of benzene rings is 2. The number of amides is 2. The second-order valence-electron chi connectivity index (χ2n) is 6.49. The van der Waals surface area contributed by atoms with Gasteiger partial charge in [0.05, 0.1) is 16.3 Å². The predicted octanol–water partition coefficient (Wildman–Crippen LogP) is 3.24. The third-order valence-electron chi connectivity index (χ3n) is 3.89. The molecule has 0 bridgehead atoms. The first-order chi connectivity index (χ1) is 13.8. The third-order valence-corrected chi connectivity index (χ3v) is 4.51. The van der Waals surface area contributed by atoms with Crippen LogP contribution in [-0.2, 0) is 19.1 Å². The van der Waals surface area contributed by atoms with E-state index in [0.717, 1.165) is 0 Å². The summed E-state index contributed by atoms with van der Waals surface area (Å²) in [6.45, 7) is 3.30. The van der Waals surface area contributed by atoms with E-state index in [9.17, 15) is 14.4 Å². The molecule has 0 spiro atoms. The summed E-state index contributed by atoms with van der Waals surface area (Å²) in [6, 6.07) is 13.9. The molecule has 2 aromatic rings. The lowest BCUT2D eigenvalue weighted by molar-refractivity contribution is -0.149. The first kappa shape index (κ1) is 20.6. The molecule has 0 atom stereocenters. The number of nitrogens with zero attached hydrogens (tertiary/aromatic N) is 1. The molecule has 0 aliphatic carbocycles. The molecule has 0 saturated carbocycles. The van der Waals surface area contributed by atoms with Crippen LogP contribution in [0.2, 0.25) is 0 Å². The largest absolute Gasteiger partial charge is 0.481 e. The molecule has 1 heterocycles. The molecule has 1 N–H and O–H groups in total. The molecular formula is C21H19BrN2O5. The molecule has 1 aliphatic rings. The number of halogens is 1. The number of ether oxygens (including phenoxy) is 2. The van der Waals surface area contributed by atoms with Crippen molar-refractivity contribution in [3.05, 3.63) is 64.1 Å². The van der Waals surface area contributed by atoms with Crippen molar-refractivity contribution in [1.29, 1.82) is 0 Å². The number of hydrogen-bond acceptors (Lipinski definition) is 5. The van der Waals surface area contributed by atoms with Gasteiger partial charge in [0.15, 0.2) is 6.61 Å². The molecule has 1 fully saturated rings. The lowest BCUT2D eigenvalue weighted by Gasteiger charge is -2.13. The Hall–Kier alpha value is -3.13. The van der Waals surface area contributed by atoms with E-state index < -0.39 is 17.8 Å². The van der Waals surface area contributed by atoms with Gasteiger partial charge in [-0.2, -0.15) is 0 Å². The van der Waals surface area contributed by atoms with Crippen LogP contribution < -0.4 is 15.2 Å². The number of para-hydroxylation sites is 1. The van der Waals surface area contributed by atoms with Gasteiger partial charge in [0.25, 0.3) is 11.8 Å². The summed E-state index contributed by atoms with van der Waals surface area (Å²) in [6.07, 6.45) is 1.29. The number of hydrogen-bond donors (Lipinski definition) is 1. The van der Waals surface area contributed by atoms with Crippen LogP contribution in [0.25, 0.3) is 6.08 Å². The second kappa shape index (κ2) is 8.91. The van der Waals surface area contributed by atoms with Gasteiger partial charge in [0.1, 0.15) is 11.3 Å². The van der Waals surface area contributed by atoms with Gasteiger partial charge >= 0.3 is 5.97 Å². The number of carbonyl (C=O) groups excluding carboxylic acids is 3. The van der Waals surface area contributed by atoms with Crippen LogP contribution in [-0.4, -0.2) is 30.5 Å². The molecule has 2 amide bonds. The average molecular weight is 459 g/mol. The number of nitrogens with one attached hydrogen (secondary N) is 1. The Kier molecular flexibility index (Phi) is 6.33. The van der Waals surface area contributed by atoms with Gasteiger partial charge in [-0.25, -0.2) is 9.80 Å². The molecule has 7 nitrogen and oxygen atoms in total. The van der Waals surface area contributed by atoms with Gasteiger partial charge < -0.3 is 9.47 Å². The summed E-state index contributed by atoms with van der Waals surface area (Å²) in [4.78, 5) is 36.5. The minimum Gasteiger partial charge on any atom is -0.481 e. The summed E-state index contributed by atoms with van der Waals surface area (Å²) >= 11 is 3.37. The second-order valence-corrected chi connectivity index (χ2v) is 7.35. The number of esters is 1. The maximum absolute atomic E-state index is 12.6. The Morgan fingerprint density at radius 2 is 1.90 bits per heavy atom. The van der Waals surface area contributed by atoms with E-state index in [2.05, 4.69) is 21.4 Å². The fraction of sp³-hybridized carbons (Fsp3) is 0.190. The minimum atomic E-state index is -0.480. The van der Waals surface area contributed by atoms with Crippen LogP contribution in [0.4, 0.5) is 5.69 Å². The standard InChI is InChI=1S/C21H19BrN2O5/c1-13(2)29-19(25)12-28-18-9-8-14(11-17(18)22)10-16-20(26)23-24(21(16)27)15-6-4-3-5-7-15/h3-11,13H,12H2,1-2H3,(H,23,26). The van der Waals surface area contributed by atoms with Crippen LogP contribution in [0.5, 0.6) is 5.75 Å². The van der Waals surface area contributed by atoms with Crippen molar-refractivity contribution in [2.45, 2.75) is 20.0 Å². The van der Waals surface area contributed by atoms with Crippen LogP contribution >= 0.6 is 15.9 Å². The monoisotopic (exact) mass is 458 g/mol. The average Bonchev–Trinajstić information content (AvgIpc) is 2.96. The fourth-order valence-corrected chi connectivity index (χ4v) is 3.15. The van der Waals surface area contributed by atoms with Crippen molar-refractivity contribution >= 4 is 45.5 Å². The van der Waals surface area contributed by atoms with Gasteiger partial charge in [-0.3, -0.25) is 15.0 Å². The topological polar surface area (TPSA) is 84.9 Å². The summed E-state index contributed by atoms with van der Waals surface area (Å²) < 4.78 is 11.0. The molecule has 0 radical (unpaired) electrons. The van der Waals surface area contributed by atoms with Crippen LogP contribution in [0.15, 0.2) is 58.6 Å². The Morgan fingerprint density at radius 1 is 1.17 bits per heavy atom. The molecule has 8 heteroatoms. The smallest absolute Gasteiger partial charge is 0.344 e. The van der Waals surface area contributed by atoms with E-state index in [-0.39, 0.29) is 18.3 Å². The maximum Gasteiger partial charge on any atom is 0.344 e. The zero-order valence-corrected chi connectivity index (χ0v) is 17.4. The van der Waals surface area contributed by atoms with Crippen molar-refractivity contribution in [1.82, 2.24) is 5.43 Å². The maximum atomic E-state index is 12.6. The van der Waals surface area contributed by atoms with Gasteiger partial charge in [-0.15, -0.1) is 0 Å². The Bertz CT molecular complexity index is 972. The molecule has 0 aromatic heterocycles. The van der Waals surface area contributed by atoms with Gasteiger partial charge in [0.2, 0.25) is 0 Å². The zero-order valence-electron chi connectivity index (χ0n) is 15.8. The van der Waals surface area contributed by atoms with Crippen molar-refractivity contribution in [3.8, 4) is 5.75 Å². The minimum absolute atomic E-state index is 0.0231. The zero-order chi connectivity index (χ0) is 21.0. The summed E-state index contributed by atoms with van der Waals surface area (Å²) in [5.41, 5.74) is 3.78. The highest BCUT2D eigenvalue weighted by Crippen LogP contribution is 2.28. The third kappa shape index (κ3) is 5.03. The molecular weight excluding hydrogens is 440 g/mol. The fourth-order valence-electron chi connectivity index (χ4n) is 2.64. The van der Waals surface area contributed by atoms with Crippen molar-refractivity contribution in [3.63, 3.8) is 0 Å². The van der Waals surface area contributed by atoms with Crippen LogP contribution in [0, 0.1) is 0 Å². The van der Waals surface area contributed by atoms with Gasteiger partial charge in [-0.1, -0.05) is 24.3 Å². The van der Waals surface area contributed by atoms with E-state index in [0.29, 0.717) is 21.5 Å². The number of rotatable bonds is 6. The molecule has 1 aliphatic heterocycles. The van der Waals surface area contributed by atoms with E-state index in [1.807, 2.05) is 6.07 Å². The van der Waals surface area contributed by atoms with Crippen LogP contribution in [0.1, 0.15) is 19.4 Å². The van der Waals surface area contributed by atoms with Crippen LogP contribution in [0.3, 0.4) is 0 Å². The normalized spacial score (nSPS) is 15.0. The van der Waals surface area contributed by atoms with Gasteiger partial charge in [0, 0.05) is 0 Å². The molecule has 1 saturated heterocycles. The summed E-state index contributed by atoms with van der Waals surface area (Å²) in [7, 11) is 0. The molecule has 0 unspecified atom stereocenters. The first-order valence-corrected chi connectivity index (χ1v) is 9.68. The highest BCUT2D eigenvalue weighted by Gasteiger charge is 2.34. The highest BCUT2D eigenvalue weighted by atomic mass is 79.9. The van der Waals surface area contributed by atoms with Crippen molar-refractivity contribution < 1.29 is 23.9 Å². The van der Waals surface area contributed by atoms with E-state index in [4.69, 9.17) is 9.47 Å². The number of carbonyl (C=O) groups is 3. The highest BCUT2D eigenvalue weighted by molar-refractivity contribution is 9.10. The predicted molar refractivity (Wildman–Crippen MR) is 111 cm³/mol. The number of hydrazine groups is 1. The molecule has 29 heavy (non-hydrogen) atoms. The summed E-state index contributed by atoms with van der Waals surface area (Å²) in [5.74, 6) is -0.936. The van der Waals surface area contributed by atoms with Gasteiger partial charge in [-0.05, 0) is 65.7 Å². The number of anilines is 1. The van der Waals surface area contributed by atoms with E-state index >= 15 is 0 Å². The first-order valence-electron chi connectivity index (χ1n) is 8.89. The lowest BCUT2D eigenvalue weighted by Crippen LogP contribution is -2.35. The summed E-state index contributed by atoms with van der Waals surface area (Å²) in [5, 5.41) is 1.21. The SMILES string of the molecule is CC(C)OC(=O)COc1ccc(C=C2C(=O)NN(c3ccccc3)C2=O)cc1Br. The lowest BCUT2D eigenvalue weighted by atomic mass is 10.1. The van der Waals surface area contributed by atoms with Crippen molar-refractivity contribution in [2.24, 2.45) is 0 Å². The molecule has 150 valence electrons. The van der Waals surface area contributed by atoms with E-state index in [1.54, 1.807) is 56.3 Å². The van der Waals surface area contributed by atoms with E-state index in [1.165, 1.54) is 11.1 Å². The Balaban J connectivity index is 1.73. The molecule has 2 aromatic carbocycles. The quantitative estimate of drug-likeness (QED) is 0.408. The van der Waals surface area contributed by atoms with Crippen molar-refractivity contribution in [2.75, 3.05) is 11.6 Å². The molecule has 3 rings (SSSR count).